The summed E-state index contributed by atoms with van der Waals surface area (Å²) in [4.78, 5) is 27.0. The van der Waals surface area contributed by atoms with Gasteiger partial charge in [0.2, 0.25) is 5.91 Å². The fraction of sp³-hybridized carbons (Fsp3) is 0.522. The highest BCUT2D eigenvalue weighted by molar-refractivity contribution is 5.76. The molecular formula is C23H31N5O. The number of nitrogens with one attached hydrogen (secondary N) is 1. The van der Waals surface area contributed by atoms with Crippen LogP contribution in [0, 0.1) is 0 Å². The molecule has 1 aromatic carbocycles. The van der Waals surface area contributed by atoms with Crippen molar-refractivity contribution in [3.8, 4) is 0 Å². The molecule has 4 rings (SSSR count). The Morgan fingerprint density at radius 1 is 1.21 bits per heavy atom. The molecule has 2 aliphatic heterocycles. The number of hydrogen-bond donors (Lipinski definition) is 1. The Bertz CT molecular complexity index is 854. The Balaban J connectivity index is 1.45. The molecule has 0 radical (unpaired) electrons. The molecule has 0 aliphatic carbocycles. The summed E-state index contributed by atoms with van der Waals surface area (Å²) in [6, 6.07) is 10.2. The number of fused-ring (bicyclic) bond motifs is 1. The number of benzene rings is 1. The second-order valence-electron chi connectivity index (χ2n) is 8.26. The first-order valence-electron chi connectivity index (χ1n) is 10.7. The van der Waals surface area contributed by atoms with Crippen LogP contribution in [0.25, 0.3) is 0 Å². The van der Waals surface area contributed by atoms with E-state index in [4.69, 9.17) is 9.97 Å². The Morgan fingerprint density at radius 2 is 2.03 bits per heavy atom. The van der Waals surface area contributed by atoms with E-state index in [2.05, 4.69) is 29.4 Å². The monoisotopic (exact) mass is 393 g/mol. The number of piperidine rings is 1. The lowest BCUT2D eigenvalue weighted by atomic mass is 9.95. The van der Waals surface area contributed by atoms with Gasteiger partial charge in [0, 0.05) is 51.1 Å². The average molecular weight is 394 g/mol. The first-order valence-corrected chi connectivity index (χ1v) is 10.7. The minimum Gasteiger partial charge on any atom is -0.373 e. The fourth-order valence-corrected chi connectivity index (χ4v) is 4.44. The van der Waals surface area contributed by atoms with Gasteiger partial charge in [0.1, 0.15) is 11.6 Å². The molecule has 0 saturated carbocycles. The Kier molecular flexibility index (Phi) is 6.09. The van der Waals surface area contributed by atoms with Gasteiger partial charge in [-0.3, -0.25) is 4.79 Å². The van der Waals surface area contributed by atoms with Crippen LogP contribution in [0.5, 0.6) is 0 Å². The van der Waals surface area contributed by atoms with E-state index in [9.17, 15) is 4.79 Å². The second kappa shape index (κ2) is 8.91. The molecular weight excluding hydrogens is 362 g/mol. The van der Waals surface area contributed by atoms with Crippen molar-refractivity contribution in [3.05, 3.63) is 53.0 Å². The van der Waals surface area contributed by atoms with Gasteiger partial charge >= 0.3 is 0 Å². The third kappa shape index (κ3) is 4.58. The number of amides is 1. The maximum atomic E-state index is 12.8. The topological polar surface area (TPSA) is 61.4 Å². The van der Waals surface area contributed by atoms with Crippen LogP contribution in [0.4, 0.5) is 5.82 Å². The first-order chi connectivity index (χ1) is 14.1. The molecule has 1 aromatic heterocycles. The molecule has 1 saturated heterocycles. The van der Waals surface area contributed by atoms with Gasteiger partial charge in [-0.1, -0.05) is 30.3 Å². The molecule has 2 aliphatic rings. The first kappa shape index (κ1) is 19.8. The zero-order valence-corrected chi connectivity index (χ0v) is 17.5. The van der Waals surface area contributed by atoms with Crippen LogP contribution in [0.1, 0.15) is 47.8 Å². The van der Waals surface area contributed by atoms with Gasteiger partial charge in [-0.05, 0) is 38.3 Å². The average Bonchev–Trinajstić information content (AvgIpc) is 2.77. The number of carbonyl (C=O) groups excluding carboxylic acids is 1. The molecule has 6 heteroatoms. The second-order valence-corrected chi connectivity index (χ2v) is 8.26. The number of aryl methyl sites for hydroxylation is 1. The van der Waals surface area contributed by atoms with Gasteiger partial charge in [0.25, 0.3) is 0 Å². The van der Waals surface area contributed by atoms with Gasteiger partial charge in [-0.2, -0.15) is 0 Å². The minimum absolute atomic E-state index is 0.217. The number of carbonyl (C=O) groups is 1. The van der Waals surface area contributed by atoms with Crippen LogP contribution in [0.3, 0.4) is 0 Å². The Labute approximate surface area is 173 Å². The van der Waals surface area contributed by atoms with Crippen molar-refractivity contribution in [1.29, 1.82) is 0 Å². The highest BCUT2D eigenvalue weighted by atomic mass is 16.2. The van der Waals surface area contributed by atoms with E-state index in [1.807, 2.05) is 30.1 Å². The van der Waals surface area contributed by atoms with Gasteiger partial charge in [0.05, 0.1) is 5.69 Å². The van der Waals surface area contributed by atoms with E-state index in [0.29, 0.717) is 6.42 Å². The van der Waals surface area contributed by atoms with Crippen LogP contribution < -0.4 is 5.32 Å². The number of likely N-dealkylation sites (tertiary alicyclic amines) is 1. The van der Waals surface area contributed by atoms with Gasteiger partial charge < -0.3 is 15.1 Å². The molecule has 1 fully saturated rings. The summed E-state index contributed by atoms with van der Waals surface area (Å²) in [5.41, 5.74) is 3.61. The van der Waals surface area contributed by atoms with Crippen LogP contribution in [-0.4, -0.2) is 59.4 Å². The van der Waals surface area contributed by atoms with Crippen molar-refractivity contribution >= 4 is 11.7 Å². The smallest absolute Gasteiger partial charge is 0.222 e. The maximum absolute atomic E-state index is 12.8. The molecule has 1 unspecified atom stereocenters. The van der Waals surface area contributed by atoms with Crippen molar-refractivity contribution < 1.29 is 4.79 Å². The van der Waals surface area contributed by atoms with E-state index in [1.54, 1.807) is 0 Å². The molecule has 0 spiro atoms. The van der Waals surface area contributed by atoms with Crippen LogP contribution in [-0.2, 0) is 24.2 Å². The van der Waals surface area contributed by atoms with Crippen LogP contribution in [0.2, 0.25) is 0 Å². The summed E-state index contributed by atoms with van der Waals surface area (Å²) in [5, 5.41) is 3.27. The predicted molar refractivity (Wildman–Crippen MR) is 115 cm³/mol. The van der Waals surface area contributed by atoms with Crippen molar-refractivity contribution in [2.75, 3.05) is 39.0 Å². The Morgan fingerprint density at radius 3 is 2.83 bits per heavy atom. The number of likely N-dealkylation sites (N-methyl/N-ethyl adjacent to an activating group) is 1. The third-order valence-electron chi connectivity index (χ3n) is 6.12. The number of nitrogens with zero attached hydrogens (tertiary/aromatic N) is 4. The normalized spacial score (nSPS) is 19.7. The SMILES string of the molecule is CNc1nc(C2CCCN(C(=O)CCc3ccccc3)C2)nc2c1CCN(C)C2. The highest BCUT2D eigenvalue weighted by Crippen LogP contribution is 2.29. The van der Waals surface area contributed by atoms with Gasteiger partial charge in [-0.15, -0.1) is 0 Å². The predicted octanol–water partition coefficient (Wildman–Crippen LogP) is 2.85. The number of rotatable bonds is 5. The summed E-state index contributed by atoms with van der Waals surface area (Å²) in [6.45, 7) is 3.48. The van der Waals surface area contributed by atoms with E-state index in [-0.39, 0.29) is 11.8 Å². The standard InChI is InChI=1S/C23H31N5O/c1-24-23-19-12-14-27(2)16-20(19)25-22(26-23)18-9-6-13-28(15-18)21(29)11-10-17-7-4-3-5-8-17/h3-5,7-8,18H,6,9-16H2,1-2H3,(H,24,25,26). The highest BCUT2D eigenvalue weighted by Gasteiger charge is 2.28. The molecule has 1 atom stereocenters. The largest absolute Gasteiger partial charge is 0.373 e. The van der Waals surface area contributed by atoms with Crippen LogP contribution >= 0.6 is 0 Å². The summed E-state index contributed by atoms with van der Waals surface area (Å²) in [6.07, 6.45) is 4.40. The molecule has 29 heavy (non-hydrogen) atoms. The summed E-state index contributed by atoms with van der Waals surface area (Å²) in [5.74, 6) is 2.31. The number of hydrogen-bond acceptors (Lipinski definition) is 5. The minimum atomic E-state index is 0.217. The summed E-state index contributed by atoms with van der Waals surface area (Å²) in [7, 11) is 4.07. The van der Waals surface area contributed by atoms with E-state index < -0.39 is 0 Å². The maximum Gasteiger partial charge on any atom is 0.222 e. The van der Waals surface area contributed by atoms with Crippen molar-refractivity contribution in [1.82, 2.24) is 19.8 Å². The zero-order chi connectivity index (χ0) is 20.2. The van der Waals surface area contributed by atoms with E-state index in [0.717, 1.165) is 69.2 Å². The van der Waals surface area contributed by atoms with Crippen LogP contribution in [0.15, 0.2) is 30.3 Å². The molecule has 154 valence electrons. The van der Waals surface area contributed by atoms with Gasteiger partial charge in [-0.25, -0.2) is 9.97 Å². The molecule has 1 amide bonds. The third-order valence-corrected chi connectivity index (χ3v) is 6.12. The molecule has 1 N–H and O–H groups in total. The lowest BCUT2D eigenvalue weighted by Crippen LogP contribution is -2.40. The fourth-order valence-electron chi connectivity index (χ4n) is 4.44. The van der Waals surface area contributed by atoms with Crippen molar-refractivity contribution in [2.24, 2.45) is 0 Å². The number of aromatic nitrogens is 2. The quantitative estimate of drug-likeness (QED) is 0.846. The molecule has 3 heterocycles. The molecule has 6 nitrogen and oxygen atoms in total. The van der Waals surface area contributed by atoms with E-state index in [1.165, 1.54) is 11.1 Å². The Hall–Kier alpha value is -2.47. The van der Waals surface area contributed by atoms with Crippen molar-refractivity contribution in [3.63, 3.8) is 0 Å². The number of anilines is 1. The van der Waals surface area contributed by atoms with Crippen molar-refractivity contribution in [2.45, 2.75) is 44.6 Å². The molecule has 0 bridgehead atoms. The zero-order valence-electron chi connectivity index (χ0n) is 17.5. The lowest BCUT2D eigenvalue weighted by Gasteiger charge is -2.33. The van der Waals surface area contributed by atoms with E-state index >= 15 is 0 Å². The summed E-state index contributed by atoms with van der Waals surface area (Å²) >= 11 is 0. The van der Waals surface area contributed by atoms with Gasteiger partial charge in [0.15, 0.2) is 0 Å². The molecule has 2 aromatic rings. The summed E-state index contributed by atoms with van der Waals surface area (Å²) < 4.78 is 0. The lowest BCUT2D eigenvalue weighted by molar-refractivity contribution is -0.132.